The summed E-state index contributed by atoms with van der Waals surface area (Å²) in [6, 6.07) is 3.54. The molecule has 5 nitrogen and oxygen atoms in total. The molecule has 5 heteroatoms. The summed E-state index contributed by atoms with van der Waals surface area (Å²) in [6.07, 6.45) is 1.40. The molecule has 2 aromatic rings. The van der Waals surface area contributed by atoms with Crippen LogP contribution in [-0.4, -0.2) is 33.9 Å². The first kappa shape index (κ1) is 17.5. The van der Waals surface area contributed by atoms with Crippen molar-refractivity contribution in [3.63, 3.8) is 0 Å². The highest BCUT2D eigenvalue weighted by atomic mass is 16.4. The Morgan fingerprint density at radius 1 is 1.35 bits per heavy atom. The van der Waals surface area contributed by atoms with Crippen LogP contribution in [0.15, 0.2) is 12.1 Å². The summed E-state index contributed by atoms with van der Waals surface area (Å²) < 4.78 is 2.20. The normalized spacial score (nSPS) is 11.6. The van der Waals surface area contributed by atoms with Crippen LogP contribution < -0.4 is 5.73 Å². The monoisotopic (exact) mass is 318 g/mol. The zero-order valence-corrected chi connectivity index (χ0v) is 14.1. The number of carbonyl (C=O) groups is 1. The van der Waals surface area contributed by atoms with Crippen LogP contribution in [0.2, 0.25) is 0 Å². The van der Waals surface area contributed by atoms with Gasteiger partial charge in [0, 0.05) is 30.8 Å². The molecule has 0 atom stereocenters. The topological polar surface area (TPSA) is 88.5 Å². The van der Waals surface area contributed by atoms with Crippen molar-refractivity contribution in [1.29, 1.82) is 0 Å². The van der Waals surface area contributed by atoms with Gasteiger partial charge in [0.25, 0.3) is 0 Å². The van der Waals surface area contributed by atoms with Gasteiger partial charge in [0.15, 0.2) is 0 Å². The number of aromatic nitrogens is 1. The van der Waals surface area contributed by atoms with Crippen molar-refractivity contribution >= 4 is 16.9 Å². The molecule has 0 unspecified atom stereocenters. The molecular weight excluding hydrogens is 292 g/mol. The fourth-order valence-corrected chi connectivity index (χ4v) is 3.26. The van der Waals surface area contributed by atoms with Crippen LogP contribution in [0.4, 0.5) is 0 Å². The van der Waals surface area contributed by atoms with Crippen LogP contribution in [0.25, 0.3) is 10.9 Å². The maximum Gasteiger partial charge on any atom is 0.335 e. The summed E-state index contributed by atoms with van der Waals surface area (Å²) in [6.45, 7) is 7.55. The van der Waals surface area contributed by atoms with Gasteiger partial charge in [-0.05, 0) is 48.9 Å². The Morgan fingerprint density at radius 2 is 2.04 bits per heavy atom. The van der Waals surface area contributed by atoms with E-state index in [9.17, 15) is 9.90 Å². The first-order chi connectivity index (χ1) is 10.9. The summed E-state index contributed by atoms with van der Waals surface area (Å²) >= 11 is 0. The van der Waals surface area contributed by atoms with E-state index in [1.165, 1.54) is 0 Å². The Morgan fingerprint density at radius 3 is 2.57 bits per heavy atom. The van der Waals surface area contributed by atoms with Crippen molar-refractivity contribution < 1.29 is 15.0 Å². The van der Waals surface area contributed by atoms with E-state index >= 15 is 0 Å². The minimum absolute atomic E-state index is 0.124. The van der Waals surface area contributed by atoms with Crippen molar-refractivity contribution in [1.82, 2.24) is 4.57 Å². The second-order valence-electron chi connectivity index (χ2n) is 6.25. The fraction of sp³-hybridized carbons (Fsp3) is 0.500. The van der Waals surface area contributed by atoms with Gasteiger partial charge in [0.2, 0.25) is 0 Å². The Hall–Kier alpha value is -1.85. The minimum Gasteiger partial charge on any atom is -0.478 e. The summed E-state index contributed by atoms with van der Waals surface area (Å²) in [4.78, 5) is 11.5. The van der Waals surface area contributed by atoms with E-state index in [1.54, 1.807) is 12.1 Å². The molecule has 2 rings (SSSR count). The number of hydrogen-bond donors (Lipinski definition) is 3. The summed E-state index contributed by atoms with van der Waals surface area (Å²) in [5.41, 5.74) is 10.4. The van der Waals surface area contributed by atoms with E-state index in [0.29, 0.717) is 25.1 Å². The second-order valence-corrected chi connectivity index (χ2v) is 6.25. The van der Waals surface area contributed by atoms with Gasteiger partial charge in [-0.2, -0.15) is 0 Å². The largest absolute Gasteiger partial charge is 0.478 e. The van der Waals surface area contributed by atoms with E-state index in [0.717, 1.165) is 34.1 Å². The third kappa shape index (κ3) is 3.26. The fourth-order valence-electron chi connectivity index (χ4n) is 3.26. The molecular formula is C18H26N2O3. The van der Waals surface area contributed by atoms with E-state index in [1.807, 2.05) is 6.92 Å². The van der Waals surface area contributed by atoms with Crippen molar-refractivity contribution in [2.24, 2.45) is 5.73 Å². The number of carboxylic acids is 1. The standard InChI is InChI=1S/C18H26N2O3/c1-11(2)15-9-13(18(22)23)10-16-14(5-4-8-21)12(3)20(7-6-19)17(15)16/h9-11,21H,4-8,19H2,1-3H3,(H,22,23). The lowest BCUT2D eigenvalue weighted by molar-refractivity contribution is 0.0697. The number of rotatable bonds is 7. The van der Waals surface area contributed by atoms with E-state index in [4.69, 9.17) is 10.8 Å². The molecule has 1 aromatic heterocycles. The Bertz CT molecular complexity index is 717. The Kier molecular flexibility index (Phi) is 5.44. The van der Waals surface area contributed by atoms with Gasteiger partial charge < -0.3 is 20.5 Å². The summed E-state index contributed by atoms with van der Waals surface area (Å²) in [5.74, 6) is -0.695. The molecule has 23 heavy (non-hydrogen) atoms. The quantitative estimate of drug-likeness (QED) is 0.732. The van der Waals surface area contributed by atoms with Crippen LogP contribution in [0.3, 0.4) is 0 Å². The molecule has 126 valence electrons. The van der Waals surface area contributed by atoms with Gasteiger partial charge in [-0.25, -0.2) is 4.79 Å². The molecule has 0 spiro atoms. The number of hydrogen-bond acceptors (Lipinski definition) is 3. The number of carboxylic acid groups (broad SMARTS) is 1. The second kappa shape index (κ2) is 7.15. The van der Waals surface area contributed by atoms with Crippen LogP contribution >= 0.6 is 0 Å². The van der Waals surface area contributed by atoms with Crippen molar-refractivity contribution in [3.05, 3.63) is 34.5 Å². The minimum atomic E-state index is -0.911. The zero-order chi connectivity index (χ0) is 17.1. The Balaban J connectivity index is 2.83. The number of nitrogens with zero attached hydrogens (tertiary/aromatic N) is 1. The van der Waals surface area contributed by atoms with Crippen LogP contribution in [0.1, 0.15) is 53.4 Å². The molecule has 0 aliphatic carbocycles. The van der Waals surface area contributed by atoms with E-state index in [-0.39, 0.29) is 12.5 Å². The van der Waals surface area contributed by atoms with Gasteiger partial charge >= 0.3 is 5.97 Å². The van der Waals surface area contributed by atoms with E-state index < -0.39 is 5.97 Å². The average Bonchev–Trinajstić information content (AvgIpc) is 2.77. The highest BCUT2D eigenvalue weighted by Gasteiger charge is 2.20. The average molecular weight is 318 g/mol. The van der Waals surface area contributed by atoms with Gasteiger partial charge in [-0.15, -0.1) is 0 Å². The van der Waals surface area contributed by atoms with Gasteiger partial charge in [-0.1, -0.05) is 13.8 Å². The molecule has 0 aliphatic heterocycles. The third-order valence-electron chi connectivity index (χ3n) is 4.38. The molecule has 0 bridgehead atoms. The number of fused-ring (bicyclic) bond motifs is 1. The molecule has 0 saturated heterocycles. The zero-order valence-electron chi connectivity index (χ0n) is 14.1. The van der Waals surface area contributed by atoms with Crippen LogP contribution in [-0.2, 0) is 13.0 Å². The highest BCUT2D eigenvalue weighted by Crippen LogP contribution is 2.34. The van der Waals surface area contributed by atoms with Gasteiger partial charge in [-0.3, -0.25) is 0 Å². The van der Waals surface area contributed by atoms with Crippen molar-refractivity contribution in [3.8, 4) is 0 Å². The Labute approximate surface area is 136 Å². The number of aliphatic hydroxyl groups excluding tert-OH is 1. The van der Waals surface area contributed by atoms with Gasteiger partial charge in [0.1, 0.15) is 0 Å². The first-order valence-electron chi connectivity index (χ1n) is 8.12. The van der Waals surface area contributed by atoms with Crippen LogP contribution in [0, 0.1) is 6.92 Å². The first-order valence-corrected chi connectivity index (χ1v) is 8.12. The van der Waals surface area contributed by atoms with Gasteiger partial charge in [0.05, 0.1) is 11.1 Å². The number of aromatic carboxylic acids is 1. The van der Waals surface area contributed by atoms with Crippen LogP contribution in [0.5, 0.6) is 0 Å². The SMILES string of the molecule is Cc1c(CCCO)c2cc(C(=O)O)cc(C(C)C)c2n1CCN. The predicted octanol–water partition coefficient (Wildman–Crippen LogP) is 2.65. The molecule has 0 aliphatic rings. The van der Waals surface area contributed by atoms with E-state index in [2.05, 4.69) is 18.4 Å². The summed E-state index contributed by atoms with van der Waals surface area (Å²) in [5, 5.41) is 19.6. The lowest BCUT2D eigenvalue weighted by Crippen LogP contribution is -2.12. The highest BCUT2D eigenvalue weighted by molar-refractivity contribution is 5.97. The molecule has 1 aromatic carbocycles. The summed E-state index contributed by atoms with van der Waals surface area (Å²) in [7, 11) is 0. The smallest absolute Gasteiger partial charge is 0.335 e. The molecule has 0 fully saturated rings. The predicted molar refractivity (Wildman–Crippen MR) is 92.2 cm³/mol. The molecule has 0 saturated carbocycles. The third-order valence-corrected chi connectivity index (χ3v) is 4.38. The van der Waals surface area contributed by atoms with Crippen molar-refractivity contribution in [2.45, 2.75) is 46.1 Å². The molecule has 0 amide bonds. The number of nitrogens with two attached hydrogens (primary N) is 1. The maximum atomic E-state index is 11.5. The van der Waals surface area contributed by atoms with Crippen molar-refractivity contribution in [2.75, 3.05) is 13.2 Å². The number of aliphatic hydroxyl groups is 1. The molecule has 1 heterocycles. The molecule has 0 radical (unpaired) electrons. The maximum absolute atomic E-state index is 11.5. The lowest BCUT2D eigenvalue weighted by Gasteiger charge is -2.14. The lowest BCUT2D eigenvalue weighted by atomic mass is 9.95. The molecule has 4 N–H and O–H groups in total. The number of benzene rings is 1. The number of aryl methyl sites for hydroxylation is 1.